The summed E-state index contributed by atoms with van der Waals surface area (Å²) in [5.74, 6) is -2.40. The minimum absolute atomic E-state index is 0.0667. The van der Waals surface area contributed by atoms with E-state index < -0.39 is 59.8 Å². The Hall–Kier alpha value is -4.12. The van der Waals surface area contributed by atoms with Gasteiger partial charge in [0.05, 0.1) is 6.61 Å². The van der Waals surface area contributed by atoms with Crippen LogP contribution in [0.1, 0.15) is 97.7 Å². The van der Waals surface area contributed by atoms with Crippen molar-refractivity contribution in [1.29, 1.82) is 0 Å². The molecular formula is C36H53N3O8. The number of aromatic hydroxyl groups is 1. The first kappa shape index (κ1) is 39.1. The SMILES string of the molecule is CCCCCCCN(C(=O)C(CO)NC(=O)OC(C)(C)C)C(C(=O)NC(Cc1ccccc1)C(=O)OC(C)(C)C)c1ccccc1O. The number of phenolic OH excluding ortho intramolecular Hbond substituents is 1. The zero-order valence-electron chi connectivity index (χ0n) is 28.9. The van der Waals surface area contributed by atoms with E-state index in [9.17, 15) is 29.4 Å². The lowest BCUT2D eigenvalue weighted by Gasteiger charge is -2.35. The molecule has 0 bridgehead atoms. The number of nitrogens with zero attached hydrogens (tertiary/aromatic N) is 1. The summed E-state index contributed by atoms with van der Waals surface area (Å²) in [4.78, 5) is 55.8. The van der Waals surface area contributed by atoms with Crippen molar-refractivity contribution >= 4 is 23.9 Å². The molecule has 260 valence electrons. The van der Waals surface area contributed by atoms with Crippen LogP contribution in [0.2, 0.25) is 0 Å². The molecule has 0 aliphatic heterocycles. The van der Waals surface area contributed by atoms with Gasteiger partial charge in [-0.2, -0.15) is 0 Å². The molecule has 2 aromatic carbocycles. The predicted molar refractivity (Wildman–Crippen MR) is 179 cm³/mol. The third-order valence-corrected chi connectivity index (χ3v) is 7.04. The standard InChI is InChI=1S/C36H53N3O8/c1-8-9-10-11-17-22-39(32(43)28(24-40)38-34(45)47-36(5,6)7)30(26-20-15-16-21-29(26)41)31(42)37-27(33(44)46-35(2,3)4)23-25-18-13-12-14-19-25/h12-16,18-21,27-28,30,40-41H,8-11,17,22-24H2,1-7H3,(H,37,42)(H,38,45). The first-order chi connectivity index (χ1) is 22.1. The van der Waals surface area contributed by atoms with Crippen molar-refractivity contribution in [2.45, 2.75) is 116 Å². The lowest BCUT2D eigenvalue weighted by Crippen LogP contribution is -2.56. The number of nitrogens with one attached hydrogen (secondary N) is 2. The maximum absolute atomic E-state index is 14.4. The second-order valence-corrected chi connectivity index (χ2v) is 13.6. The molecule has 0 fully saturated rings. The number of para-hydroxylation sites is 1. The quantitative estimate of drug-likeness (QED) is 0.142. The van der Waals surface area contributed by atoms with Crippen molar-refractivity contribution in [2.75, 3.05) is 13.2 Å². The molecule has 11 heteroatoms. The van der Waals surface area contributed by atoms with Crippen molar-refractivity contribution < 1.29 is 38.9 Å². The molecule has 47 heavy (non-hydrogen) atoms. The lowest BCUT2D eigenvalue weighted by atomic mass is 9.99. The van der Waals surface area contributed by atoms with E-state index >= 15 is 0 Å². The highest BCUT2D eigenvalue weighted by atomic mass is 16.6. The summed E-state index contributed by atoms with van der Waals surface area (Å²) >= 11 is 0. The van der Waals surface area contributed by atoms with Gasteiger partial charge in [0.15, 0.2) is 0 Å². The average molecular weight is 656 g/mol. The van der Waals surface area contributed by atoms with E-state index in [4.69, 9.17) is 9.47 Å². The van der Waals surface area contributed by atoms with E-state index in [-0.39, 0.29) is 24.3 Å². The van der Waals surface area contributed by atoms with Gasteiger partial charge in [-0.1, -0.05) is 81.1 Å². The Morgan fingerprint density at radius 3 is 1.96 bits per heavy atom. The molecule has 0 spiro atoms. The lowest BCUT2D eigenvalue weighted by molar-refractivity contribution is -0.159. The molecular weight excluding hydrogens is 602 g/mol. The minimum atomic E-state index is -1.45. The van der Waals surface area contributed by atoms with E-state index in [0.29, 0.717) is 6.42 Å². The van der Waals surface area contributed by atoms with Crippen molar-refractivity contribution in [3.05, 3.63) is 65.7 Å². The summed E-state index contributed by atoms with van der Waals surface area (Å²) in [5.41, 5.74) is -0.812. The Bertz CT molecular complexity index is 1300. The smallest absolute Gasteiger partial charge is 0.408 e. The monoisotopic (exact) mass is 655 g/mol. The Morgan fingerprint density at radius 1 is 0.787 bits per heavy atom. The summed E-state index contributed by atoms with van der Waals surface area (Å²) in [6, 6.07) is 11.2. The van der Waals surface area contributed by atoms with Crippen molar-refractivity contribution in [3.8, 4) is 5.75 Å². The molecule has 0 saturated heterocycles. The zero-order chi connectivity index (χ0) is 35.2. The van der Waals surface area contributed by atoms with Crippen molar-refractivity contribution in [1.82, 2.24) is 15.5 Å². The zero-order valence-corrected chi connectivity index (χ0v) is 28.9. The number of carbonyl (C=O) groups is 4. The van der Waals surface area contributed by atoms with Gasteiger partial charge >= 0.3 is 12.1 Å². The van der Waals surface area contributed by atoms with E-state index in [2.05, 4.69) is 17.6 Å². The number of phenols is 1. The number of alkyl carbamates (subject to hydrolysis) is 1. The maximum atomic E-state index is 14.4. The number of benzene rings is 2. The number of carbonyl (C=O) groups excluding carboxylic acids is 4. The van der Waals surface area contributed by atoms with Gasteiger partial charge in [-0.15, -0.1) is 0 Å². The molecule has 2 aromatic rings. The van der Waals surface area contributed by atoms with Gasteiger partial charge in [-0.25, -0.2) is 9.59 Å². The normalized spacial score (nSPS) is 13.5. The molecule has 2 rings (SSSR count). The Labute approximate surface area is 279 Å². The summed E-state index contributed by atoms with van der Waals surface area (Å²) in [7, 11) is 0. The van der Waals surface area contributed by atoms with Gasteiger partial charge in [0.25, 0.3) is 0 Å². The number of esters is 1. The molecule has 11 nitrogen and oxygen atoms in total. The summed E-state index contributed by atoms with van der Waals surface area (Å²) < 4.78 is 11.0. The van der Waals surface area contributed by atoms with E-state index in [1.165, 1.54) is 17.0 Å². The molecule has 3 atom stereocenters. The summed E-state index contributed by atoms with van der Waals surface area (Å²) in [6.45, 7) is 11.6. The first-order valence-corrected chi connectivity index (χ1v) is 16.3. The highest BCUT2D eigenvalue weighted by Crippen LogP contribution is 2.30. The van der Waals surface area contributed by atoms with Gasteiger partial charge < -0.3 is 35.2 Å². The van der Waals surface area contributed by atoms with E-state index in [1.807, 2.05) is 30.3 Å². The molecule has 0 heterocycles. The maximum Gasteiger partial charge on any atom is 0.408 e. The number of amides is 3. The molecule has 3 amide bonds. The van der Waals surface area contributed by atoms with Crippen LogP contribution in [0.3, 0.4) is 0 Å². The molecule has 3 unspecified atom stereocenters. The number of hydrogen-bond donors (Lipinski definition) is 4. The van der Waals surface area contributed by atoms with Crippen LogP contribution in [-0.2, 0) is 30.3 Å². The molecule has 0 aliphatic rings. The van der Waals surface area contributed by atoms with Crippen LogP contribution in [0.25, 0.3) is 0 Å². The van der Waals surface area contributed by atoms with Crippen LogP contribution >= 0.6 is 0 Å². The first-order valence-electron chi connectivity index (χ1n) is 16.3. The fraction of sp³-hybridized carbons (Fsp3) is 0.556. The highest BCUT2D eigenvalue weighted by Gasteiger charge is 2.39. The Morgan fingerprint density at radius 2 is 1.38 bits per heavy atom. The van der Waals surface area contributed by atoms with Crippen LogP contribution in [0.4, 0.5) is 4.79 Å². The van der Waals surface area contributed by atoms with E-state index in [1.54, 1.807) is 53.7 Å². The topological polar surface area (TPSA) is 154 Å². The number of aliphatic hydroxyl groups excluding tert-OH is 1. The van der Waals surface area contributed by atoms with Gasteiger partial charge in [-0.05, 0) is 59.6 Å². The van der Waals surface area contributed by atoms with Gasteiger partial charge in [0, 0.05) is 18.5 Å². The van der Waals surface area contributed by atoms with Gasteiger partial charge in [0.1, 0.15) is 35.1 Å². The third kappa shape index (κ3) is 13.6. The number of unbranched alkanes of at least 4 members (excludes halogenated alkanes) is 4. The predicted octanol–water partition coefficient (Wildman–Crippen LogP) is 5.19. The third-order valence-electron chi connectivity index (χ3n) is 7.04. The Kier molecular flexibility index (Phi) is 15.2. The van der Waals surface area contributed by atoms with Crippen LogP contribution in [0.15, 0.2) is 54.6 Å². The molecule has 0 saturated carbocycles. The van der Waals surface area contributed by atoms with Gasteiger partial charge in [0.2, 0.25) is 11.8 Å². The largest absolute Gasteiger partial charge is 0.508 e. The summed E-state index contributed by atoms with van der Waals surface area (Å²) in [5, 5.41) is 26.4. The minimum Gasteiger partial charge on any atom is -0.508 e. The fourth-order valence-corrected chi connectivity index (χ4v) is 4.92. The molecule has 0 radical (unpaired) electrons. The van der Waals surface area contributed by atoms with Crippen molar-refractivity contribution in [3.63, 3.8) is 0 Å². The number of ether oxygens (including phenoxy) is 2. The number of rotatable bonds is 16. The fourth-order valence-electron chi connectivity index (χ4n) is 4.92. The Balaban J connectivity index is 2.58. The summed E-state index contributed by atoms with van der Waals surface area (Å²) in [6.07, 6.45) is 3.36. The van der Waals surface area contributed by atoms with Crippen LogP contribution < -0.4 is 10.6 Å². The van der Waals surface area contributed by atoms with Gasteiger partial charge in [-0.3, -0.25) is 9.59 Å². The van der Waals surface area contributed by atoms with Crippen LogP contribution in [-0.4, -0.2) is 75.4 Å². The number of hydrogen-bond acceptors (Lipinski definition) is 8. The van der Waals surface area contributed by atoms with Crippen LogP contribution in [0.5, 0.6) is 5.75 Å². The second kappa shape index (κ2) is 18.3. The molecule has 4 N–H and O–H groups in total. The second-order valence-electron chi connectivity index (χ2n) is 13.6. The average Bonchev–Trinajstić information content (AvgIpc) is 2.98. The number of aliphatic hydroxyl groups is 1. The van der Waals surface area contributed by atoms with E-state index in [0.717, 1.165) is 31.2 Å². The molecule has 0 aromatic heterocycles. The van der Waals surface area contributed by atoms with Crippen molar-refractivity contribution in [2.24, 2.45) is 0 Å². The highest BCUT2D eigenvalue weighted by molar-refractivity contribution is 5.94. The molecule has 0 aliphatic carbocycles. The van der Waals surface area contributed by atoms with Crippen LogP contribution in [0, 0.1) is 0 Å².